The molecule has 0 aromatic carbocycles. The van der Waals surface area contributed by atoms with E-state index in [1.165, 1.54) is 5.69 Å². The van der Waals surface area contributed by atoms with Crippen molar-refractivity contribution in [3.63, 3.8) is 0 Å². The molecule has 0 fully saturated rings. The minimum Gasteiger partial charge on any atom is -0.307 e. The molecular formula is C12H22ClN3. The molecule has 1 N–H and O–H groups in total. The maximum absolute atomic E-state index is 5.92. The molecule has 0 aliphatic carbocycles. The molecule has 0 radical (unpaired) electrons. The van der Waals surface area contributed by atoms with Crippen molar-refractivity contribution >= 4 is 11.6 Å². The van der Waals surface area contributed by atoms with Gasteiger partial charge < -0.3 is 5.32 Å². The van der Waals surface area contributed by atoms with Crippen LogP contribution in [0.4, 0.5) is 0 Å². The van der Waals surface area contributed by atoms with Gasteiger partial charge in [0, 0.05) is 25.0 Å². The van der Waals surface area contributed by atoms with E-state index in [0.717, 1.165) is 18.8 Å². The van der Waals surface area contributed by atoms with Crippen molar-refractivity contribution in [2.24, 2.45) is 5.92 Å². The Hall–Kier alpha value is -0.540. The monoisotopic (exact) mass is 243 g/mol. The Balaban J connectivity index is 2.59. The van der Waals surface area contributed by atoms with Gasteiger partial charge in [0.05, 0.1) is 11.4 Å². The van der Waals surface area contributed by atoms with E-state index in [0.29, 0.717) is 17.8 Å². The second-order valence-electron chi connectivity index (χ2n) is 4.48. The van der Waals surface area contributed by atoms with Gasteiger partial charge in [0.2, 0.25) is 0 Å². The molecule has 92 valence electrons. The minimum atomic E-state index is 0.363. The molecule has 0 saturated carbocycles. The van der Waals surface area contributed by atoms with Crippen LogP contribution in [0, 0.1) is 12.8 Å². The first-order valence-corrected chi connectivity index (χ1v) is 6.44. The summed E-state index contributed by atoms with van der Waals surface area (Å²) < 4.78 is 2.04. The van der Waals surface area contributed by atoms with Crippen LogP contribution in [0.5, 0.6) is 0 Å². The average molecular weight is 244 g/mol. The summed E-state index contributed by atoms with van der Waals surface area (Å²) in [5.74, 6) is 1.20. The SMILES string of the molecule is CCn1nc(C)cc1CNC(CCl)C(C)C. The van der Waals surface area contributed by atoms with Gasteiger partial charge in [0.15, 0.2) is 0 Å². The summed E-state index contributed by atoms with van der Waals surface area (Å²) in [5, 5.41) is 7.90. The van der Waals surface area contributed by atoms with Gasteiger partial charge in [-0.2, -0.15) is 5.10 Å². The summed E-state index contributed by atoms with van der Waals surface area (Å²) in [7, 11) is 0. The number of hydrogen-bond donors (Lipinski definition) is 1. The Morgan fingerprint density at radius 2 is 2.19 bits per heavy atom. The minimum absolute atomic E-state index is 0.363. The van der Waals surface area contributed by atoms with Gasteiger partial charge in [-0.1, -0.05) is 13.8 Å². The number of hydrogen-bond acceptors (Lipinski definition) is 2. The summed E-state index contributed by atoms with van der Waals surface area (Å²) in [6.45, 7) is 10.3. The molecule has 0 aliphatic rings. The summed E-state index contributed by atoms with van der Waals surface area (Å²) in [4.78, 5) is 0. The highest BCUT2D eigenvalue weighted by atomic mass is 35.5. The molecule has 1 heterocycles. The van der Waals surface area contributed by atoms with E-state index >= 15 is 0 Å². The van der Waals surface area contributed by atoms with Crippen molar-refractivity contribution in [3.8, 4) is 0 Å². The molecule has 16 heavy (non-hydrogen) atoms. The van der Waals surface area contributed by atoms with Crippen LogP contribution >= 0.6 is 11.6 Å². The summed E-state index contributed by atoms with van der Waals surface area (Å²) in [5.41, 5.74) is 2.31. The zero-order valence-corrected chi connectivity index (χ0v) is 11.4. The lowest BCUT2D eigenvalue weighted by Gasteiger charge is -2.19. The highest BCUT2D eigenvalue weighted by Crippen LogP contribution is 2.07. The molecule has 0 saturated heterocycles. The molecule has 0 aliphatic heterocycles. The third kappa shape index (κ3) is 3.49. The maximum Gasteiger partial charge on any atom is 0.0597 e. The van der Waals surface area contributed by atoms with Gasteiger partial charge in [-0.3, -0.25) is 4.68 Å². The lowest BCUT2D eigenvalue weighted by atomic mass is 10.1. The molecule has 4 heteroatoms. The van der Waals surface area contributed by atoms with E-state index < -0.39 is 0 Å². The van der Waals surface area contributed by atoms with Crippen molar-refractivity contribution in [1.29, 1.82) is 0 Å². The first kappa shape index (κ1) is 13.5. The van der Waals surface area contributed by atoms with Gasteiger partial charge in [-0.25, -0.2) is 0 Å². The summed E-state index contributed by atoms with van der Waals surface area (Å²) in [6, 6.07) is 2.49. The fourth-order valence-electron chi connectivity index (χ4n) is 1.72. The van der Waals surface area contributed by atoms with E-state index in [4.69, 9.17) is 11.6 Å². The number of aryl methyl sites for hydroxylation is 2. The molecule has 0 bridgehead atoms. The number of rotatable bonds is 6. The first-order chi connectivity index (χ1) is 7.58. The quantitative estimate of drug-likeness (QED) is 0.779. The van der Waals surface area contributed by atoms with Crippen molar-refractivity contribution in [3.05, 3.63) is 17.5 Å². The molecule has 0 spiro atoms. The summed E-state index contributed by atoms with van der Waals surface area (Å²) in [6.07, 6.45) is 0. The highest BCUT2D eigenvalue weighted by Gasteiger charge is 2.12. The number of halogens is 1. The van der Waals surface area contributed by atoms with Crippen molar-refractivity contribution in [1.82, 2.24) is 15.1 Å². The standard InChI is InChI=1S/C12H22ClN3/c1-5-16-11(6-10(4)15-16)8-14-12(7-13)9(2)3/h6,9,12,14H,5,7-8H2,1-4H3. The first-order valence-electron chi connectivity index (χ1n) is 5.91. The van der Waals surface area contributed by atoms with Gasteiger partial charge in [0.25, 0.3) is 0 Å². The molecule has 1 rings (SSSR count). The van der Waals surface area contributed by atoms with E-state index in [2.05, 4.69) is 37.3 Å². The maximum atomic E-state index is 5.92. The van der Waals surface area contributed by atoms with E-state index in [-0.39, 0.29) is 0 Å². The van der Waals surface area contributed by atoms with Gasteiger partial charge in [-0.15, -0.1) is 11.6 Å². The largest absolute Gasteiger partial charge is 0.307 e. The molecule has 1 aromatic heterocycles. The lowest BCUT2D eigenvalue weighted by molar-refractivity contribution is 0.421. The predicted octanol–water partition coefficient (Wildman–Crippen LogP) is 2.56. The van der Waals surface area contributed by atoms with Gasteiger partial charge in [-0.05, 0) is 25.8 Å². The topological polar surface area (TPSA) is 29.9 Å². The second-order valence-corrected chi connectivity index (χ2v) is 4.79. The zero-order chi connectivity index (χ0) is 12.1. The smallest absolute Gasteiger partial charge is 0.0597 e. The van der Waals surface area contributed by atoms with E-state index in [9.17, 15) is 0 Å². The molecule has 0 amide bonds. The third-order valence-corrected chi connectivity index (χ3v) is 3.13. The molecule has 1 unspecified atom stereocenters. The number of aromatic nitrogens is 2. The lowest BCUT2D eigenvalue weighted by Crippen LogP contribution is -2.35. The molecule has 3 nitrogen and oxygen atoms in total. The molecular weight excluding hydrogens is 222 g/mol. The van der Waals surface area contributed by atoms with Gasteiger partial charge >= 0.3 is 0 Å². The molecule has 1 atom stereocenters. The van der Waals surface area contributed by atoms with Crippen LogP contribution in [0.2, 0.25) is 0 Å². The molecule has 1 aromatic rings. The zero-order valence-electron chi connectivity index (χ0n) is 10.6. The fraction of sp³-hybridized carbons (Fsp3) is 0.750. The highest BCUT2D eigenvalue weighted by molar-refractivity contribution is 6.18. The predicted molar refractivity (Wildman–Crippen MR) is 68.8 cm³/mol. The van der Waals surface area contributed by atoms with Crippen LogP contribution < -0.4 is 5.32 Å². The fourth-order valence-corrected chi connectivity index (χ4v) is 2.18. The van der Waals surface area contributed by atoms with Crippen molar-refractivity contribution in [2.45, 2.75) is 46.8 Å². The summed E-state index contributed by atoms with van der Waals surface area (Å²) >= 11 is 5.92. The number of alkyl halides is 1. The van der Waals surface area contributed by atoms with E-state index in [1.54, 1.807) is 0 Å². The van der Waals surface area contributed by atoms with Crippen LogP contribution in [0.3, 0.4) is 0 Å². The Kier molecular flexibility index (Phi) is 5.29. The normalized spacial score (nSPS) is 13.4. The van der Waals surface area contributed by atoms with E-state index in [1.807, 2.05) is 11.6 Å². The van der Waals surface area contributed by atoms with Crippen molar-refractivity contribution in [2.75, 3.05) is 5.88 Å². The second kappa shape index (κ2) is 6.26. The van der Waals surface area contributed by atoms with Gasteiger partial charge in [0.1, 0.15) is 0 Å². The third-order valence-electron chi connectivity index (χ3n) is 2.80. The van der Waals surface area contributed by atoms with Crippen LogP contribution in [0.1, 0.15) is 32.2 Å². The van der Waals surface area contributed by atoms with Crippen molar-refractivity contribution < 1.29 is 0 Å². The Labute approximate surface area is 103 Å². The van der Waals surface area contributed by atoms with Crippen LogP contribution in [-0.4, -0.2) is 21.7 Å². The average Bonchev–Trinajstić information content (AvgIpc) is 2.59. The number of nitrogens with one attached hydrogen (secondary N) is 1. The Bertz CT molecular complexity index is 320. The van der Waals surface area contributed by atoms with Crippen LogP contribution in [0.25, 0.3) is 0 Å². The Morgan fingerprint density at radius 3 is 2.69 bits per heavy atom. The van der Waals surface area contributed by atoms with Crippen LogP contribution in [-0.2, 0) is 13.1 Å². The van der Waals surface area contributed by atoms with Crippen LogP contribution in [0.15, 0.2) is 6.07 Å². The Morgan fingerprint density at radius 1 is 1.50 bits per heavy atom. The number of nitrogens with zero attached hydrogens (tertiary/aromatic N) is 2.